The van der Waals surface area contributed by atoms with Gasteiger partial charge in [0.2, 0.25) is 0 Å². The van der Waals surface area contributed by atoms with Crippen molar-refractivity contribution in [3.63, 3.8) is 0 Å². The van der Waals surface area contributed by atoms with Crippen LogP contribution in [0.2, 0.25) is 0 Å². The van der Waals surface area contributed by atoms with Gasteiger partial charge in [0.05, 0.1) is 5.56 Å². The van der Waals surface area contributed by atoms with E-state index in [-0.39, 0.29) is 11.4 Å². The Balaban J connectivity index is 2.20. The van der Waals surface area contributed by atoms with Gasteiger partial charge < -0.3 is 10.7 Å². The molecule has 1 heterocycles. The number of hydrogen-bond acceptors (Lipinski definition) is 4. The molecule has 1 aromatic rings. The Morgan fingerprint density at radius 3 is 2.78 bits per heavy atom. The maximum Gasteiger partial charge on any atom is 0.255 e. The largest absolute Gasteiger partial charge is 0.347 e. The number of nitrogens with two attached hydrogens (primary N) is 1. The minimum atomic E-state index is -0.189. The number of anilines is 1. The summed E-state index contributed by atoms with van der Waals surface area (Å²) in [6.07, 6.45) is 3.94. The minimum Gasteiger partial charge on any atom is -0.347 e. The first-order valence-corrected chi connectivity index (χ1v) is 6.68. The zero-order valence-corrected chi connectivity index (χ0v) is 12.0. The third-order valence-electron chi connectivity index (χ3n) is 3.27. The number of carbonyl (C=O) groups excluding carboxylic acids is 1. The van der Waals surface area contributed by atoms with Crippen LogP contribution in [0.3, 0.4) is 0 Å². The van der Waals surface area contributed by atoms with Gasteiger partial charge in [-0.25, -0.2) is 10.8 Å². The molecule has 0 saturated heterocycles. The lowest BCUT2D eigenvalue weighted by atomic mass is 9.98. The lowest BCUT2D eigenvalue weighted by molar-refractivity contribution is 0.0904. The van der Waals surface area contributed by atoms with E-state index in [4.69, 9.17) is 5.84 Å². The number of nitrogens with zero attached hydrogens (tertiary/aromatic N) is 1. The Hall–Kier alpha value is -1.14. The van der Waals surface area contributed by atoms with Gasteiger partial charge in [-0.05, 0) is 54.6 Å². The number of aromatic nitrogens is 1. The van der Waals surface area contributed by atoms with Crippen LogP contribution in [0, 0.1) is 5.92 Å². The molecular formula is C12H17BrN4O. The van der Waals surface area contributed by atoms with E-state index in [1.165, 1.54) is 12.8 Å². The van der Waals surface area contributed by atoms with E-state index in [0.29, 0.717) is 17.3 Å². The molecule has 5 nitrogen and oxygen atoms in total. The van der Waals surface area contributed by atoms with Gasteiger partial charge in [-0.15, -0.1) is 0 Å². The third kappa shape index (κ3) is 2.81. The van der Waals surface area contributed by atoms with Crippen LogP contribution in [0.15, 0.2) is 16.7 Å². The van der Waals surface area contributed by atoms with Crippen molar-refractivity contribution in [3.8, 4) is 0 Å². The Morgan fingerprint density at radius 1 is 1.56 bits per heavy atom. The van der Waals surface area contributed by atoms with Gasteiger partial charge in [-0.2, -0.15) is 0 Å². The second-order valence-electron chi connectivity index (χ2n) is 5.14. The lowest BCUT2D eigenvalue weighted by Gasteiger charge is -2.26. The van der Waals surface area contributed by atoms with Crippen molar-refractivity contribution in [2.24, 2.45) is 11.8 Å². The van der Waals surface area contributed by atoms with Crippen LogP contribution in [-0.2, 0) is 0 Å². The zero-order valence-electron chi connectivity index (χ0n) is 10.5. The van der Waals surface area contributed by atoms with Crippen LogP contribution in [0.4, 0.5) is 5.82 Å². The topological polar surface area (TPSA) is 80.0 Å². The molecule has 6 heteroatoms. The maximum absolute atomic E-state index is 12.3. The van der Waals surface area contributed by atoms with E-state index in [1.807, 2.05) is 13.8 Å². The molecule has 1 amide bonds. The zero-order chi connectivity index (χ0) is 13.3. The molecule has 0 atom stereocenters. The molecule has 0 bridgehead atoms. The predicted molar refractivity (Wildman–Crippen MR) is 74.0 cm³/mol. The fraction of sp³-hybridized carbons (Fsp3) is 0.500. The second kappa shape index (κ2) is 4.85. The number of halogens is 1. The fourth-order valence-corrected chi connectivity index (χ4v) is 2.33. The van der Waals surface area contributed by atoms with Crippen molar-refractivity contribution in [1.29, 1.82) is 0 Å². The lowest BCUT2D eigenvalue weighted by Crippen LogP contribution is -2.45. The molecule has 1 aliphatic carbocycles. The van der Waals surface area contributed by atoms with E-state index in [2.05, 4.69) is 31.7 Å². The average molecular weight is 313 g/mol. The van der Waals surface area contributed by atoms with Crippen molar-refractivity contribution < 1.29 is 4.79 Å². The number of hydrazine groups is 1. The Bertz CT molecular complexity index is 471. The molecule has 0 aromatic carbocycles. The summed E-state index contributed by atoms with van der Waals surface area (Å²) in [5.74, 6) is 6.15. The Morgan fingerprint density at radius 2 is 2.22 bits per heavy atom. The van der Waals surface area contributed by atoms with Crippen molar-refractivity contribution in [2.45, 2.75) is 32.2 Å². The number of amides is 1. The first-order valence-electron chi connectivity index (χ1n) is 5.88. The number of nitrogen functional groups attached to an aromatic ring is 1. The summed E-state index contributed by atoms with van der Waals surface area (Å²) in [4.78, 5) is 16.3. The summed E-state index contributed by atoms with van der Waals surface area (Å²) < 4.78 is 0.746. The standard InChI is InChI=1S/C12H17BrN4O/c1-12(2,7-3-4-7)16-11(18)9-5-8(13)6-15-10(9)17-14/h5-7H,3-4,14H2,1-2H3,(H,15,17)(H,16,18). The van der Waals surface area contributed by atoms with Crippen LogP contribution in [-0.4, -0.2) is 16.4 Å². The van der Waals surface area contributed by atoms with Gasteiger partial charge >= 0.3 is 0 Å². The summed E-state index contributed by atoms with van der Waals surface area (Å²) in [5, 5.41) is 3.04. The highest BCUT2D eigenvalue weighted by molar-refractivity contribution is 9.10. The third-order valence-corrected chi connectivity index (χ3v) is 3.70. The van der Waals surface area contributed by atoms with Crippen LogP contribution >= 0.6 is 15.9 Å². The molecule has 1 aromatic heterocycles. The molecular weight excluding hydrogens is 296 g/mol. The normalized spacial score (nSPS) is 15.3. The SMILES string of the molecule is CC(C)(NC(=O)c1cc(Br)cnc1NN)C1CC1. The minimum absolute atomic E-state index is 0.159. The highest BCUT2D eigenvalue weighted by Crippen LogP contribution is 2.39. The van der Waals surface area contributed by atoms with Crippen molar-refractivity contribution >= 4 is 27.7 Å². The quantitative estimate of drug-likeness (QED) is 0.587. The fourth-order valence-electron chi connectivity index (χ4n) is 1.99. The van der Waals surface area contributed by atoms with E-state index in [0.717, 1.165) is 4.47 Å². The number of rotatable bonds is 4. The van der Waals surface area contributed by atoms with Crippen LogP contribution in [0.1, 0.15) is 37.0 Å². The molecule has 1 fully saturated rings. The van der Waals surface area contributed by atoms with Crippen molar-refractivity contribution in [2.75, 3.05) is 5.43 Å². The molecule has 0 radical (unpaired) electrons. The molecule has 0 aliphatic heterocycles. The van der Waals surface area contributed by atoms with Crippen LogP contribution in [0.25, 0.3) is 0 Å². The van der Waals surface area contributed by atoms with Gasteiger partial charge in [-0.1, -0.05) is 0 Å². The highest BCUT2D eigenvalue weighted by Gasteiger charge is 2.39. The van der Waals surface area contributed by atoms with Crippen molar-refractivity contribution in [3.05, 3.63) is 22.3 Å². The Labute approximate surface area is 115 Å². The van der Waals surface area contributed by atoms with Gasteiger partial charge in [-0.3, -0.25) is 4.79 Å². The molecule has 98 valence electrons. The number of pyridine rings is 1. The van der Waals surface area contributed by atoms with E-state index < -0.39 is 0 Å². The number of hydrogen-bond donors (Lipinski definition) is 3. The second-order valence-corrected chi connectivity index (χ2v) is 6.06. The van der Waals surface area contributed by atoms with E-state index in [1.54, 1.807) is 12.3 Å². The van der Waals surface area contributed by atoms with Gasteiger partial charge in [0, 0.05) is 16.2 Å². The summed E-state index contributed by atoms with van der Waals surface area (Å²) >= 11 is 3.30. The number of nitrogens with one attached hydrogen (secondary N) is 2. The smallest absolute Gasteiger partial charge is 0.255 e. The summed E-state index contributed by atoms with van der Waals surface area (Å²) in [7, 11) is 0. The molecule has 2 rings (SSSR count). The monoisotopic (exact) mass is 312 g/mol. The first kappa shape index (κ1) is 13.3. The van der Waals surface area contributed by atoms with Gasteiger partial charge in [0.1, 0.15) is 0 Å². The molecule has 18 heavy (non-hydrogen) atoms. The molecule has 0 unspecified atom stereocenters. The highest BCUT2D eigenvalue weighted by atomic mass is 79.9. The maximum atomic E-state index is 12.3. The van der Waals surface area contributed by atoms with Crippen LogP contribution < -0.4 is 16.6 Å². The van der Waals surface area contributed by atoms with E-state index in [9.17, 15) is 4.79 Å². The first-order chi connectivity index (χ1) is 8.44. The van der Waals surface area contributed by atoms with Crippen LogP contribution in [0.5, 0.6) is 0 Å². The van der Waals surface area contributed by atoms with E-state index >= 15 is 0 Å². The van der Waals surface area contributed by atoms with Gasteiger partial charge in [0.25, 0.3) is 5.91 Å². The molecule has 1 aliphatic rings. The predicted octanol–water partition coefficient (Wildman–Crippen LogP) is 2.05. The number of carbonyl (C=O) groups is 1. The summed E-state index contributed by atoms with van der Waals surface area (Å²) in [5.41, 5.74) is 2.70. The Kier molecular flexibility index (Phi) is 3.59. The summed E-state index contributed by atoms with van der Waals surface area (Å²) in [6.45, 7) is 4.09. The average Bonchev–Trinajstić information content (AvgIpc) is 3.12. The summed E-state index contributed by atoms with van der Waals surface area (Å²) in [6, 6.07) is 1.71. The van der Waals surface area contributed by atoms with Gasteiger partial charge in [0.15, 0.2) is 5.82 Å². The molecule has 1 saturated carbocycles. The van der Waals surface area contributed by atoms with Crippen molar-refractivity contribution in [1.82, 2.24) is 10.3 Å². The molecule has 4 N–H and O–H groups in total. The molecule has 0 spiro atoms.